The summed E-state index contributed by atoms with van der Waals surface area (Å²) in [7, 11) is 0. The van der Waals surface area contributed by atoms with Crippen LogP contribution in [0.25, 0.3) is 0 Å². The van der Waals surface area contributed by atoms with Crippen molar-refractivity contribution < 1.29 is 27.9 Å². The Kier molecular flexibility index (Phi) is 4.15. The fraction of sp³-hybridized carbons (Fsp3) is 0.458. The minimum Gasteiger partial charge on any atom is -0.503 e. The Hall–Kier alpha value is -3.30. The quantitative estimate of drug-likeness (QED) is 0.670. The molecular formula is C24H22F3N3O4. The van der Waals surface area contributed by atoms with E-state index < -0.39 is 52.6 Å². The highest BCUT2D eigenvalue weighted by Crippen LogP contribution is 2.72. The summed E-state index contributed by atoms with van der Waals surface area (Å²) in [4.78, 5) is 40.8. The summed E-state index contributed by atoms with van der Waals surface area (Å²) in [6.07, 6.45) is 2.13. The molecule has 3 fully saturated rings. The van der Waals surface area contributed by atoms with Crippen LogP contribution in [0.15, 0.2) is 23.1 Å². The maximum atomic E-state index is 13.9. The van der Waals surface area contributed by atoms with Gasteiger partial charge in [0, 0.05) is 36.5 Å². The van der Waals surface area contributed by atoms with Crippen molar-refractivity contribution >= 4 is 11.8 Å². The molecule has 2 aliphatic carbocycles. The smallest absolute Gasteiger partial charge is 0.275 e. The molecule has 2 aromatic rings. The van der Waals surface area contributed by atoms with Gasteiger partial charge in [-0.1, -0.05) is 6.92 Å². The summed E-state index contributed by atoms with van der Waals surface area (Å²) in [6, 6.07) is 0.914. The van der Waals surface area contributed by atoms with Gasteiger partial charge in [-0.05, 0) is 43.1 Å². The minimum atomic E-state index is -1.36. The molecule has 2 amide bonds. The van der Waals surface area contributed by atoms with Crippen molar-refractivity contribution in [2.75, 3.05) is 0 Å². The van der Waals surface area contributed by atoms with Gasteiger partial charge in [0.05, 0.1) is 6.04 Å². The van der Waals surface area contributed by atoms with Gasteiger partial charge in [-0.3, -0.25) is 14.4 Å². The van der Waals surface area contributed by atoms with E-state index in [2.05, 4.69) is 19.2 Å². The number of nitrogens with zero attached hydrogens (tertiary/aromatic N) is 2. The minimum absolute atomic E-state index is 0.0784. The molecule has 4 aliphatic rings. The summed E-state index contributed by atoms with van der Waals surface area (Å²) in [6.45, 7) is 4.12. The number of aromatic nitrogens is 1. The average Bonchev–Trinajstić information content (AvgIpc) is 3.23. The monoisotopic (exact) mass is 473 g/mol. The van der Waals surface area contributed by atoms with Gasteiger partial charge >= 0.3 is 0 Å². The Morgan fingerprint density at radius 1 is 1.21 bits per heavy atom. The van der Waals surface area contributed by atoms with Gasteiger partial charge < -0.3 is 19.9 Å². The number of hydrogen-bond acceptors (Lipinski definition) is 4. The predicted molar refractivity (Wildman–Crippen MR) is 112 cm³/mol. The molecule has 3 heterocycles. The van der Waals surface area contributed by atoms with E-state index >= 15 is 0 Å². The zero-order valence-corrected chi connectivity index (χ0v) is 18.4. The number of carbonyl (C=O) groups excluding carboxylic acids is 2. The average molecular weight is 473 g/mol. The molecule has 1 aromatic carbocycles. The van der Waals surface area contributed by atoms with E-state index in [4.69, 9.17) is 0 Å². The number of nitrogens with one attached hydrogen (secondary N) is 1. The number of amides is 2. The first-order valence-corrected chi connectivity index (χ1v) is 11.3. The normalized spacial score (nSPS) is 32.3. The first-order valence-electron chi connectivity index (χ1n) is 11.3. The number of halogens is 3. The van der Waals surface area contributed by atoms with Crippen molar-refractivity contribution in [2.45, 2.75) is 44.9 Å². The molecule has 34 heavy (non-hydrogen) atoms. The lowest BCUT2D eigenvalue weighted by atomic mass is 9.92. The van der Waals surface area contributed by atoms with E-state index in [1.165, 1.54) is 10.8 Å². The molecule has 1 aromatic heterocycles. The summed E-state index contributed by atoms with van der Waals surface area (Å²) < 4.78 is 41.9. The van der Waals surface area contributed by atoms with E-state index in [0.717, 1.165) is 6.42 Å². The zero-order chi connectivity index (χ0) is 24.3. The highest BCUT2D eigenvalue weighted by atomic mass is 19.2. The Balaban J connectivity index is 1.31. The van der Waals surface area contributed by atoms with E-state index in [0.29, 0.717) is 42.3 Å². The Labute approximate surface area is 192 Å². The Morgan fingerprint density at radius 3 is 2.65 bits per heavy atom. The molecule has 1 saturated heterocycles. The van der Waals surface area contributed by atoms with Gasteiger partial charge in [-0.25, -0.2) is 13.2 Å². The Morgan fingerprint density at radius 2 is 1.91 bits per heavy atom. The third kappa shape index (κ3) is 2.56. The second kappa shape index (κ2) is 6.64. The van der Waals surface area contributed by atoms with Gasteiger partial charge in [0.25, 0.3) is 11.8 Å². The van der Waals surface area contributed by atoms with Gasteiger partial charge in [0.1, 0.15) is 11.4 Å². The number of pyridine rings is 1. The lowest BCUT2D eigenvalue weighted by Gasteiger charge is -2.45. The molecule has 7 nitrogen and oxygen atoms in total. The molecule has 6 atom stereocenters. The highest BCUT2D eigenvalue weighted by molar-refractivity contribution is 5.99. The third-order valence-electron chi connectivity index (χ3n) is 8.52. The first kappa shape index (κ1) is 21.2. The van der Waals surface area contributed by atoms with Crippen LogP contribution in [0.2, 0.25) is 0 Å². The molecule has 178 valence electrons. The number of rotatable bonds is 3. The SMILES string of the molecule is C[C@H]1[C@H]2C3C[C@](C)([C@@H]12)N1C(=O)c2c(O)c(=O)c(C(=O)NCc4cc(F)c(F)cc4F)cn2C[C@@H]31. The van der Waals surface area contributed by atoms with E-state index in [1.54, 1.807) is 0 Å². The maximum absolute atomic E-state index is 13.9. The Bertz CT molecular complexity index is 1360. The van der Waals surface area contributed by atoms with Crippen LogP contribution in [0.1, 0.15) is 46.7 Å². The van der Waals surface area contributed by atoms with Crippen molar-refractivity contribution in [3.05, 3.63) is 62.8 Å². The van der Waals surface area contributed by atoms with Crippen molar-refractivity contribution in [3.8, 4) is 5.75 Å². The molecule has 0 spiro atoms. The van der Waals surface area contributed by atoms with Crippen molar-refractivity contribution in [1.29, 1.82) is 0 Å². The number of hydrogen-bond donors (Lipinski definition) is 2. The summed E-state index contributed by atoms with van der Waals surface area (Å²) in [5, 5.41) is 12.9. The van der Waals surface area contributed by atoms with Crippen LogP contribution in [0.4, 0.5) is 13.2 Å². The van der Waals surface area contributed by atoms with Crippen LogP contribution in [0, 0.1) is 41.1 Å². The molecule has 0 radical (unpaired) electrons. The highest BCUT2D eigenvalue weighted by Gasteiger charge is 2.75. The molecule has 6 rings (SSSR count). The summed E-state index contributed by atoms with van der Waals surface area (Å²) >= 11 is 0. The van der Waals surface area contributed by atoms with Crippen LogP contribution >= 0.6 is 0 Å². The summed E-state index contributed by atoms with van der Waals surface area (Å²) in [5.74, 6) is -3.97. The van der Waals surface area contributed by atoms with Gasteiger partial charge in [-0.15, -0.1) is 0 Å². The van der Waals surface area contributed by atoms with Gasteiger partial charge in [0.15, 0.2) is 23.1 Å². The fourth-order valence-electron chi connectivity index (χ4n) is 7.17. The topological polar surface area (TPSA) is 91.6 Å². The van der Waals surface area contributed by atoms with E-state index in [-0.39, 0.29) is 22.8 Å². The van der Waals surface area contributed by atoms with Crippen LogP contribution in [0.5, 0.6) is 5.75 Å². The fourth-order valence-corrected chi connectivity index (χ4v) is 7.17. The molecular weight excluding hydrogens is 451 g/mol. The third-order valence-corrected chi connectivity index (χ3v) is 8.52. The van der Waals surface area contributed by atoms with E-state index in [9.17, 15) is 32.7 Å². The number of piperidine rings is 1. The first-order chi connectivity index (χ1) is 16.0. The maximum Gasteiger partial charge on any atom is 0.275 e. The second-order valence-corrected chi connectivity index (χ2v) is 10.2. The molecule has 2 N–H and O–H groups in total. The predicted octanol–water partition coefficient (Wildman–Crippen LogP) is 2.40. The molecule has 2 bridgehead atoms. The molecule has 2 aliphatic heterocycles. The van der Waals surface area contributed by atoms with Crippen LogP contribution in [0.3, 0.4) is 0 Å². The zero-order valence-electron chi connectivity index (χ0n) is 18.4. The number of benzene rings is 1. The van der Waals surface area contributed by atoms with Gasteiger partial charge in [-0.2, -0.15) is 0 Å². The lowest BCUT2D eigenvalue weighted by molar-refractivity contribution is 0.0264. The lowest BCUT2D eigenvalue weighted by Crippen LogP contribution is -2.57. The van der Waals surface area contributed by atoms with Crippen molar-refractivity contribution in [2.24, 2.45) is 23.7 Å². The van der Waals surface area contributed by atoms with Crippen LogP contribution < -0.4 is 10.7 Å². The standard InChI is InChI=1S/C24H22F3N3O4/c1-9-17-11-5-24(2,18(9)17)30-16(11)8-29-7-12(20(31)21(32)19(29)23(30)34)22(33)28-6-10-3-14(26)15(27)4-13(10)25/h3-4,7,9,11,16-18,32H,5-6,8H2,1-2H3,(H,28,33)/t9-,11?,16-,17-,18-,24+/m0/s1. The van der Waals surface area contributed by atoms with Crippen LogP contribution in [-0.4, -0.2) is 38.0 Å². The molecule has 1 unspecified atom stereocenters. The van der Waals surface area contributed by atoms with Crippen molar-refractivity contribution in [3.63, 3.8) is 0 Å². The van der Waals surface area contributed by atoms with Crippen LogP contribution in [-0.2, 0) is 13.1 Å². The van der Waals surface area contributed by atoms with E-state index in [1.807, 2.05) is 4.90 Å². The number of carbonyl (C=O) groups is 2. The number of aromatic hydroxyl groups is 1. The second-order valence-electron chi connectivity index (χ2n) is 10.2. The molecule has 2 saturated carbocycles. The van der Waals surface area contributed by atoms with Crippen molar-refractivity contribution in [1.82, 2.24) is 14.8 Å². The largest absolute Gasteiger partial charge is 0.503 e. The number of fused-ring (bicyclic) bond motifs is 9. The molecule has 10 heteroatoms. The summed E-state index contributed by atoms with van der Waals surface area (Å²) in [5.41, 5.74) is -2.17. The van der Waals surface area contributed by atoms with Gasteiger partial charge in [0.2, 0.25) is 5.43 Å².